The number of rotatable bonds is 3. The molecule has 2 heterocycles. The smallest absolute Gasteiger partial charge is 0.243 e. The van der Waals surface area contributed by atoms with Crippen molar-refractivity contribution in [2.75, 3.05) is 51.7 Å². The SMILES string of the molecule is CN(C)C(=O)CN=C(N)N1CCN(c2ncccn2)CC1. The minimum Gasteiger partial charge on any atom is -0.370 e. The van der Waals surface area contributed by atoms with Gasteiger partial charge in [0.15, 0.2) is 5.96 Å². The Labute approximate surface area is 124 Å². The number of carbonyl (C=O) groups excluding carboxylic acids is 1. The van der Waals surface area contributed by atoms with Gasteiger partial charge in [-0.15, -0.1) is 0 Å². The first-order valence-corrected chi connectivity index (χ1v) is 6.85. The van der Waals surface area contributed by atoms with E-state index in [9.17, 15) is 4.79 Å². The van der Waals surface area contributed by atoms with E-state index < -0.39 is 0 Å². The van der Waals surface area contributed by atoms with Gasteiger partial charge < -0.3 is 20.4 Å². The number of nitrogens with zero attached hydrogens (tertiary/aromatic N) is 6. The van der Waals surface area contributed by atoms with Crippen LogP contribution in [0.1, 0.15) is 0 Å². The number of hydrogen-bond donors (Lipinski definition) is 1. The molecule has 8 heteroatoms. The first-order chi connectivity index (χ1) is 10.1. The zero-order chi connectivity index (χ0) is 15.2. The number of piperazine rings is 1. The molecular weight excluding hydrogens is 270 g/mol. The first-order valence-electron chi connectivity index (χ1n) is 6.85. The van der Waals surface area contributed by atoms with E-state index in [0.29, 0.717) is 5.96 Å². The summed E-state index contributed by atoms with van der Waals surface area (Å²) in [6.07, 6.45) is 3.47. The predicted molar refractivity (Wildman–Crippen MR) is 81.0 cm³/mol. The highest BCUT2D eigenvalue weighted by atomic mass is 16.2. The van der Waals surface area contributed by atoms with Crippen molar-refractivity contribution in [3.05, 3.63) is 18.5 Å². The molecule has 1 amide bonds. The Morgan fingerprint density at radius 2 is 1.90 bits per heavy atom. The van der Waals surface area contributed by atoms with Gasteiger partial charge >= 0.3 is 0 Å². The highest BCUT2D eigenvalue weighted by Gasteiger charge is 2.20. The minimum atomic E-state index is -0.0609. The van der Waals surface area contributed by atoms with Crippen LogP contribution in [0, 0.1) is 0 Å². The molecule has 114 valence electrons. The second kappa shape index (κ2) is 6.87. The number of aromatic nitrogens is 2. The molecule has 1 saturated heterocycles. The van der Waals surface area contributed by atoms with E-state index in [1.165, 1.54) is 4.90 Å². The third-order valence-electron chi connectivity index (χ3n) is 3.31. The molecule has 1 fully saturated rings. The summed E-state index contributed by atoms with van der Waals surface area (Å²) in [5, 5.41) is 0. The lowest BCUT2D eigenvalue weighted by Crippen LogP contribution is -2.51. The third-order valence-corrected chi connectivity index (χ3v) is 3.31. The highest BCUT2D eigenvalue weighted by molar-refractivity contribution is 5.84. The van der Waals surface area contributed by atoms with Crippen LogP contribution in [0.25, 0.3) is 0 Å². The Morgan fingerprint density at radius 1 is 1.29 bits per heavy atom. The van der Waals surface area contributed by atoms with Crippen molar-refractivity contribution >= 4 is 17.8 Å². The predicted octanol–water partition coefficient (Wildman–Crippen LogP) is -0.998. The Hall–Kier alpha value is -2.38. The van der Waals surface area contributed by atoms with Crippen molar-refractivity contribution in [1.82, 2.24) is 19.8 Å². The van der Waals surface area contributed by atoms with Gasteiger partial charge in [0.1, 0.15) is 6.54 Å². The summed E-state index contributed by atoms with van der Waals surface area (Å²) in [4.78, 5) is 29.7. The van der Waals surface area contributed by atoms with Gasteiger partial charge in [0.2, 0.25) is 11.9 Å². The summed E-state index contributed by atoms with van der Waals surface area (Å²) in [5.41, 5.74) is 5.94. The van der Waals surface area contributed by atoms with Gasteiger partial charge in [-0.05, 0) is 6.07 Å². The zero-order valence-electron chi connectivity index (χ0n) is 12.4. The van der Waals surface area contributed by atoms with Crippen molar-refractivity contribution in [2.24, 2.45) is 10.7 Å². The third kappa shape index (κ3) is 4.04. The molecule has 1 aromatic heterocycles. The van der Waals surface area contributed by atoms with E-state index in [1.54, 1.807) is 32.6 Å². The lowest BCUT2D eigenvalue weighted by molar-refractivity contribution is -0.127. The van der Waals surface area contributed by atoms with Gasteiger partial charge in [0, 0.05) is 52.7 Å². The number of nitrogens with two attached hydrogens (primary N) is 1. The minimum absolute atomic E-state index is 0.0609. The average Bonchev–Trinajstić information content (AvgIpc) is 2.53. The van der Waals surface area contributed by atoms with Crippen LogP contribution in [-0.2, 0) is 4.79 Å². The van der Waals surface area contributed by atoms with Crippen molar-refractivity contribution < 1.29 is 4.79 Å². The topological polar surface area (TPSA) is 91.0 Å². The molecule has 0 spiro atoms. The van der Waals surface area contributed by atoms with Crippen molar-refractivity contribution in [1.29, 1.82) is 0 Å². The van der Waals surface area contributed by atoms with Crippen LogP contribution >= 0.6 is 0 Å². The van der Waals surface area contributed by atoms with Gasteiger partial charge in [-0.25, -0.2) is 15.0 Å². The van der Waals surface area contributed by atoms with E-state index in [-0.39, 0.29) is 12.5 Å². The number of hydrogen-bond acceptors (Lipinski definition) is 5. The van der Waals surface area contributed by atoms with Crippen LogP contribution in [0.3, 0.4) is 0 Å². The van der Waals surface area contributed by atoms with Gasteiger partial charge in [0.05, 0.1) is 0 Å². The molecule has 0 atom stereocenters. The van der Waals surface area contributed by atoms with Gasteiger partial charge in [-0.3, -0.25) is 4.79 Å². The van der Waals surface area contributed by atoms with Crippen LogP contribution < -0.4 is 10.6 Å². The van der Waals surface area contributed by atoms with Gasteiger partial charge in [0.25, 0.3) is 0 Å². The molecule has 0 aromatic carbocycles. The molecule has 0 aliphatic carbocycles. The van der Waals surface area contributed by atoms with Crippen LogP contribution in [0.5, 0.6) is 0 Å². The monoisotopic (exact) mass is 291 g/mol. The van der Waals surface area contributed by atoms with E-state index in [0.717, 1.165) is 32.1 Å². The quantitative estimate of drug-likeness (QED) is 0.567. The fourth-order valence-corrected chi connectivity index (χ4v) is 1.98. The molecule has 21 heavy (non-hydrogen) atoms. The van der Waals surface area contributed by atoms with Crippen molar-refractivity contribution in [3.8, 4) is 0 Å². The standard InChI is InChI=1S/C13H21N7O/c1-18(2)11(21)10-17-12(14)19-6-8-20(9-7-19)13-15-4-3-5-16-13/h3-5H,6-10H2,1-2H3,(H2,14,17). The second-order valence-electron chi connectivity index (χ2n) is 4.99. The fraction of sp³-hybridized carbons (Fsp3) is 0.538. The Bertz CT molecular complexity index is 495. The highest BCUT2D eigenvalue weighted by Crippen LogP contribution is 2.09. The molecule has 0 radical (unpaired) electrons. The number of aliphatic imine (C=N–C) groups is 1. The second-order valence-corrected chi connectivity index (χ2v) is 4.99. The summed E-state index contributed by atoms with van der Waals surface area (Å²) in [6, 6.07) is 1.80. The van der Waals surface area contributed by atoms with Crippen LogP contribution in [0.15, 0.2) is 23.5 Å². The summed E-state index contributed by atoms with van der Waals surface area (Å²) < 4.78 is 0. The van der Waals surface area contributed by atoms with E-state index >= 15 is 0 Å². The van der Waals surface area contributed by atoms with Crippen LogP contribution in [0.2, 0.25) is 0 Å². The maximum Gasteiger partial charge on any atom is 0.243 e. The number of amides is 1. The summed E-state index contributed by atoms with van der Waals surface area (Å²) in [7, 11) is 3.40. The summed E-state index contributed by atoms with van der Waals surface area (Å²) in [6.45, 7) is 3.12. The molecule has 0 bridgehead atoms. The molecule has 1 aliphatic rings. The first kappa shape index (κ1) is 15.0. The Kier molecular flexibility index (Phi) is 4.91. The molecule has 2 rings (SSSR count). The van der Waals surface area contributed by atoms with E-state index in [4.69, 9.17) is 5.73 Å². The van der Waals surface area contributed by atoms with Crippen LogP contribution in [-0.4, -0.2) is 78.5 Å². The van der Waals surface area contributed by atoms with E-state index in [2.05, 4.69) is 19.9 Å². The number of anilines is 1. The molecule has 1 aromatic rings. The lowest BCUT2D eigenvalue weighted by Gasteiger charge is -2.35. The molecule has 0 saturated carbocycles. The Balaban J connectivity index is 1.86. The number of guanidine groups is 1. The maximum atomic E-state index is 11.5. The summed E-state index contributed by atoms with van der Waals surface area (Å²) >= 11 is 0. The fourth-order valence-electron chi connectivity index (χ4n) is 1.98. The number of likely N-dealkylation sites (N-methyl/N-ethyl adjacent to an activating group) is 1. The molecule has 0 unspecified atom stereocenters. The Morgan fingerprint density at radius 3 is 2.48 bits per heavy atom. The van der Waals surface area contributed by atoms with E-state index in [1.807, 2.05) is 4.90 Å². The van der Waals surface area contributed by atoms with Crippen LogP contribution in [0.4, 0.5) is 5.95 Å². The molecule has 8 nitrogen and oxygen atoms in total. The van der Waals surface area contributed by atoms with Gasteiger partial charge in [-0.1, -0.05) is 0 Å². The van der Waals surface area contributed by atoms with Gasteiger partial charge in [-0.2, -0.15) is 0 Å². The maximum absolute atomic E-state index is 11.5. The molecule has 2 N–H and O–H groups in total. The van der Waals surface area contributed by atoms with Crippen molar-refractivity contribution in [3.63, 3.8) is 0 Å². The number of carbonyl (C=O) groups is 1. The molecular formula is C13H21N7O. The average molecular weight is 291 g/mol. The molecule has 1 aliphatic heterocycles. The zero-order valence-corrected chi connectivity index (χ0v) is 12.4. The normalized spacial score (nSPS) is 16.0. The lowest BCUT2D eigenvalue weighted by atomic mass is 10.3. The van der Waals surface area contributed by atoms with Crippen molar-refractivity contribution in [2.45, 2.75) is 0 Å². The summed E-state index contributed by atoms with van der Waals surface area (Å²) in [5.74, 6) is 1.09. The largest absolute Gasteiger partial charge is 0.370 e.